The van der Waals surface area contributed by atoms with E-state index in [-0.39, 0.29) is 34.0 Å². The molecule has 1 amide bonds. The summed E-state index contributed by atoms with van der Waals surface area (Å²) in [5, 5.41) is 2.97. The van der Waals surface area contributed by atoms with Crippen LogP contribution in [0.2, 0.25) is 0 Å². The van der Waals surface area contributed by atoms with Crippen molar-refractivity contribution >= 4 is 16.9 Å². The lowest BCUT2D eigenvalue weighted by Gasteiger charge is -2.31. The highest BCUT2D eigenvalue weighted by molar-refractivity contribution is 5.97. The molecular formula is C18H20F3N5O. The predicted molar refractivity (Wildman–Crippen MR) is 94.0 cm³/mol. The number of nitrogens with one attached hydrogen (secondary N) is 2. The number of rotatable bonds is 4. The first-order chi connectivity index (χ1) is 12.5. The maximum atomic E-state index is 12.8. The van der Waals surface area contributed by atoms with Crippen LogP contribution in [0.4, 0.5) is 13.2 Å². The van der Waals surface area contributed by atoms with Crippen LogP contribution in [0.5, 0.6) is 0 Å². The number of nitrogens with zero attached hydrogens (tertiary/aromatic N) is 3. The third kappa shape index (κ3) is 4.29. The summed E-state index contributed by atoms with van der Waals surface area (Å²) in [6, 6.07) is 4.04. The Morgan fingerprint density at radius 2 is 2.04 bits per heavy atom. The van der Waals surface area contributed by atoms with Crippen LogP contribution in [0, 0.1) is 5.41 Å². The molecule has 6 nitrogen and oxygen atoms in total. The van der Waals surface area contributed by atoms with Gasteiger partial charge in [-0.1, -0.05) is 20.8 Å². The van der Waals surface area contributed by atoms with Crippen molar-refractivity contribution in [2.75, 3.05) is 0 Å². The Morgan fingerprint density at radius 3 is 2.63 bits per heavy atom. The quantitative estimate of drug-likeness (QED) is 0.727. The smallest absolute Gasteiger partial charge is 0.347 e. The van der Waals surface area contributed by atoms with Gasteiger partial charge in [-0.25, -0.2) is 9.97 Å². The van der Waals surface area contributed by atoms with Gasteiger partial charge < -0.3 is 14.9 Å². The first kappa shape index (κ1) is 18.9. The van der Waals surface area contributed by atoms with Crippen LogP contribution in [0.25, 0.3) is 11.0 Å². The molecule has 3 rings (SSSR count). The van der Waals surface area contributed by atoms with Crippen molar-refractivity contribution in [2.24, 2.45) is 5.41 Å². The van der Waals surface area contributed by atoms with Crippen LogP contribution in [0.15, 0.2) is 36.9 Å². The minimum atomic E-state index is -4.57. The molecule has 2 N–H and O–H groups in total. The van der Waals surface area contributed by atoms with Crippen LogP contribution >= 0.6 is 0 Å². The van der Waals surface area contributed by atoms with E-state index in [4.69, 9.17) is 0 Å². The van der Waals surface area contributed by atoms with E-state index in [1.54, 1.807) is 18.7 Å². The molecule has 0 aliphatic carbocycles. The zero-order chi connectivity index (χ0) is 19.8. The largest absolute Gasteiger partial charge is 0.449 e. The van der Waals surface area contributed by atoms with Gasteiger partial charge in [0.25, 0.3) is 5.91 Å². The molecule has 2 heterocycles. The number of H-pyrrole nitrogens is 1. The average molecular weight is 379 g/mol. The summed E-state index contributed by atoms with van der Waals surface area (Å²) >= 11 is 0. The van der Waals surface area contributed by atoms with Gasteiger partial charge in [0.1, 0.15) is 0 Å². The van der Waals surface area contributed by atoms with E-state index >= 15 is 0 Å². The maximum absolute atomic E-state index is 12.8. The molecule has 0 aliphatic heterocycles. The van der Waals surface area contributed by atoms with Gasteiger partial charge in [0, 0.05) is 24.5 Å². The van der Waals surface area contributed by atoms with Crippen molar-refractivity contribution in [1.29, 1.82) is 0 Å². The second-order valence-corrected chi connectivity index (χ2v) is 7.47. The Balaban J connectivity index is 1.83. The zero-order valence-electron chi connectivity index (χ0n) is 15.1. The molecule has 0 radical (unpaired) electrons. The maximum Gasteiger partial charge on any atom is 0.449 e. The topological polar surface area (TPSA) is 75.6 Å². The number of halogens is 3. The third-order valence-corrected chi connectivity index (χ3v) is 4.32. The lowest BCUT2D eigenvalue weighted by molar-refractivity contribution is -0.144. The number of amides is 1. The Hall–Kier alpha value is -2.84. The Morgan fingerprint density at radius 1 is 1.30 bits per heavy atom. The van der Waals surface area contributed by atoms with Gasteiger partial charge >= 0.3 is 6.18 Å². The van der Waals surface area contributed by atoms with Gasteiger partial charge in [-0.05, 0) is 23.6 Å². The fourth-order valence-electron chi connectivity index (χ4n) is 2.67. The predicted octanol–water partition coefficient (Wildman–Crippen LogP) is 3.62. The van der Waals surface area contributed by atoms with Crippen molar-refractivity contribution in [3.05, 3.63) is 48.3 Å². The Kier molecular flexibility index (Phi) is 4.71. The molecule has 2 aromatic heterocycles. The number of fused-ring (bicyclic) bond motifs is 1. The highest BCUT2D eigenvalue weighted by Crippen LogP contribution is 2.29. The Bertz CT molecular complexity index is 938. The lowest BCUT2D eigenvalue weighted by atomic mass is 9.86. The van der Waals surface area contributed by atoms with Crippen LogP contribution in [-0.2, 0) is 12.7 Å². The summed E-state index contributed by atoms with van der Waals surface area (Å²) < 4.78 is 40.2. The van der Waals surface area contributed by atoms with Crippen LogP contribution in [0.3, 0.4) is 0 Å². The molecular weight excluding hydrogens is 359 g/mol. The van der Waals surface area contributed by atoms with E-state index in [1.165, 1.54) is 18.2 Å². The SMILES string of the molecule is CC(C)(C)[C@@H](Cn1ccnc1)NC(=O)c1ccc2nc(C(F)(F)F)[nH]c2c1. The lowest BCUT2D eigenvalue weighted by Crippen LogP contribution is -2.46. The molecule has 0 saturated carbocycles. The number of carbonyl (C=O) groups excluding carboxylic acids is 1. The van der Waals surface area contributed by atoms with E-state index in [2.05, 4.69) is 20.3 Å². The minimum absolute atomic E-state index is 0.157. The fourth-order valence-corrected chi connectivity index (χ4v) is 2.67. The molecule has 0 unspecified atom stereocenters. The summed E-state index contributed by atoms with van der Waals surface area (Å²) in [6.07, 6.45) is 0.565. The van der Waals surface area contributed by atoms with E-state index in [0.29, 0.717) is 6.54 Å². The minimum Gasteiger partial charge on any atom is -0.347 e. The standard InChI is InChI=1S/C18H20F3N5O/c1-17(2,3)14(9-26-7-6-22-10-26)25-15(27)11-4-5-12-13(8-11)24-16(23-12)18(19,20)21/h4-8,10,14H,9H2,1-3H3,(H,23,24)(H,25,27)/t14-/m1/s1. The number of imidazole rings is 2. The molecule has 144 valence electrons. The third-order valence-electron chi connectivity index (χ3n) is 4.32. The second kappa shape index (κ2) is 6.71. The van der Waals surface area contributed by atoms with Crippen molar-refractivity contribution in [1.82, 2.24) is 24.8 Å². The summed E-state index contributed by atoms with van der Waals surface area (Å²) in [4.78, 5) is 22.4. The molecule has 3 aromatic rings. The number of benzene rings is 1. The summed E-state index contributed by atoms with van der Waals surface area (Å²) in [5.41, 5.74) is 0.350. The molecule has 0 bridgehead atoms. The van der Waals surface area contributed by atoms with Gasteiger partial charge in [-0.2, -0.15) is 13.2 Å². The van der Waals surface area contributed by atoms with Crippen LogP contribution in [-0.4, -0.2) is 31.5 Å². The number of hydrogen-bond acceptors (Lipinski definition) is 3. The molecule has 1 atom stereocenters. The first-order valence-electron chi connectivity index (χ1n) is 8.37. The molecule has 0 aliphatic rings. The number of alkyl halides is 3. The zero-order valence-corrected chi connectivity index (χ0v) is 15.1. The van der Waals surface area contributed by atoms with E-state index < -0.39 is 12.0 Å². The summed E-state index contributed by atoms with van der Waals surface area (Å²) in [7, 11) is 0. The van der Waals surface area contributed by atoms with Crippen molar-refractivity contribution in [3.8, 4) is 0 Å². The molecule has 27 heavy (non-hydrogen) atoms. The van der Waals surface area contributed by atoms with Gasteiger partial charge in [0.2, 0.25) is 5.82 Å². The van der Waals surface area contributed by atoms with Gasteiger partial charge in [-0.15, -0.1) is 0 Å². The van der Waals surface area contributed by atoms with Crippen molar-refractivity contribution < 1.29 is 18.0 Å². The highest BCUT2D eigenvalue weighted by atomic mass is 19.4. The van der Waals surface area contributed by atoms with Gasteiger partial charge in [0.05, 0.1) is 23.4 Å². The van der Waals surface area contributed by atoms with E-state index in [9.17, 15) is 18.0 Å². The van der Waals surface area contributed by atoms with Gasteiger partial charge in [0.15, 0.2) is 0 Å². The van der Waals surface area contributed by atoms with Crippen LogP contribution in [0.1, 0.15) is 37.0 Å². The molecule has 0 fully saturated rings. The van der Waals surface area contributed by atoms with Crippen LogP contribution < -0.4 is 5.32 Å². The molecule has 1 aromatic carbocycles. The summed E-state index contributed by atoms with van der Waals surface area (Å²) in [6.45, 7) is 6.54. The number of hydrogen-bond donors (Lipinski definition) is 2. The van der Waals surface area contributed by atoms with E-state index in [0.717, 1.165) is 0 Å². The fraction of sp³-hybridized carbons (Fsp3) is 0.389. The average Bonchev–Trinajstić information content (AvgIpc) is 3.21. The van der Waals surface area contributed by atoms with Crippen molar-refractivity contribution in [2.45, 2.75) is 39.5 Å². The number of aromatic amines is 1. The molecule has 9 heteroatoms. The molecule has 0 saturated heterocycles. The Labute approximate surface area is 153 Å². The van der Waals surface area contributed by atoms with Crippen molar-refractivity contribution in [3.63, 3.8) is 0 Å². The highest BCUT2D eigenvalue weighted by Gasteiger charge is 2.35. The van der Waals surface area contributed by atoms with E-state index in [1.807, 2.05) is 25.3 Å². The second-order valence-electron chi connectivity index (χ2n) is 7.47. The monoisotopic (exact) mass is 379 g/mol. The van der Waals surface area contributed by atoms with Gasteiger partial charge in [-0.3, -0.25) is 4.79 Å². The normalized spacial score (nSPS) is 13.7. The number of aromatic nitrogens is 4. The number of carbonyl (C=O) groups is 1. The summed E-state index contributed by atoms with van der Waals surface area (Å²) in [5.74, 6) is -1.44. The first-order valence-corrected chi connectivity index (χ1v) is 8.37. The molecule has 0 spiro atoms.